The second-order valence-electron chi connectivity index (χ2n) is 6.51. The summed E-state index contributed by atoms with van der Waals surface area (Å²) in [6.45, 7) is 2.15. The van der Waals surface area contributed by atoms with Gasteiger partial charge in [0.1, 0.15) is 6.61 Å². The summed E-state index contributed by atoms with van der Waals surface area (Å²) in [4.78, 5) is 0. The topological polar surface area (TPSA) is 33.3 Å². The highest BCUT2D eigenvalue weighted by molar-refractivity contribution is 4.84. The third-order valence-corrected chi connectivity index (χ3v) is 4.43. The van der Waals surface area contributed by atoms with Crippen molar-refractivity contribution in [1.29, 1.82) is 0 Å². The monoisotopic (exact) mass is 308 g/mol. The van der Waals surface area contributed by atoms with E-state index in [0.29, 0.717) is 18.5 Å². The molecule has 0 amide bonds. The Morgan fingerprint density at radius 3 is 2.71 bits per heavy atom. The summed E-state index contributed by atoms with van der Waals surface area (Å²) >= 11 is 0. The molecule has 2 N–H and O–H groups in total. The van der Waals surface area contributed by atoms with Gasteiger partial charge in [0.2, 0.25) is 0 Å². The summed E-state index contributed by atoms with van der Waals surface area (Å²) < 4.78 is 41.6. The summed E-state index contributed by atoms with van der Waals surface area (Å²) in [5.74, 6) is 0. The number of hydrogen-bond donors (Lipinski definition) is 2. The van der Waals surface area contributed by atoms with Crippen LogP contribution in [0.2, 0.25) is 0 Å². The lowest BCUT2D eigenvalue weighted by Gasteiger charge is -2.32. The van der Waals surface area contributed by atoms with Crippen molar-refractivity contribution in [1.82, 2.24) is 10.6 Å². The highest BCUT2D eigenvalue weighted by atomic mass is 19.4. The van der Waals surface area contributed by atoms with Crippen LogP contribution >= 0.6 is 0 Å². The van der Waals surface area contributed by atoms with Gasteiger partial charge in [-0.2, -0.15) is 13.2 Å². The number of rotatable bonds is 6. The maximum absolute atomic E-state index is 12.2. The summed E-state index contributed by atoms with van der Waals surface area (Å²) in [5, 5.41) is 7.05. The van der Waals surface area contributed by atoms with Crippen LogP contribution < -0.4 is 10.6 Å². The van der Waals surface area contributed by atoms with Crippen molar-refractivity contribution in [3.05, 3.63) is 0 Å². The van der Waals surface area contributed by atoms with E-state index >= 15 is 0 Å². The first-order chi connectivity index (χ1) is 9.92. The van der Waals surface area contributed by atoms with Crippen molar-refractivity contribution in [2.75, 3.05) is 13.2 Å². The van der Waals surface area contributed by atoms with Gasteiger partial charge >= 0.3 is 6.18 Å². The first-order valence-electron chi connectivity index (χ1n) is 8.10. The third kappa shape index (κ3) is 6.53. The molecule has 0 radical (unpaired) electrons. The molecule has 4 unspecified atom stereocenters. The van der Waals surface area contributed by atoms with E-state index in [4.69, 9.17) is 4.74 Å². The Balaban J connectivity index is 1.67. The zero-order valence-corrected chi connectivity index (χ0v) is 12.7. The van der Waals surface area contributed by atoms with E-state index in [1.807, 2.05) is 0 Å². The second kappa shape index (κ2) is 7.79. The molecule has 3 nitrogen and oxygen atoms in total. The minimum Gasteiger partial charge on any atom is -0.369 e. The van der Waals surface area contributed by atoms with Gasteiger partial charge in [-0.1, -0.05) is 0 Å². The molecule has 1 saturated heterocycles. The van der Waals surface area contributed by atoms with Gasteiger partial charge < -0.3 is 15.4 Å². The number of halogens is 3. The lowest BCUT2D eigenvalue weighted by atomic mass is 9.92. The average molecular weight is 308 g/mol. The van der Waals surface area contributed by atoms with Crippen LogP contribution in [-0.2, 0) is 4.74 Å². The van der Waals surface area contributed by atoms with E-state index in [2.05, 4.69) is 17.6 Å². The predicted octanol–water partition coefficient (Wildman–Crippen LogP) is 3.00. The fourth-order valence-corrected chi connectivity index (χ4v) is 3.52. The molecule has 1 aliphatic carbocycles. The van der Waals surface area contributed by atoms with E-state index in [-0.39, 0.29) is 12.1 Å². The standard InChI is InChI=1S/C15H27F3N2O/c1-11(8-12-5-3-7-19-12)20-13-4-2-6-14(9-13)21-10-15(16,17)18/h11-14,19-20H,2-10H2,1H3. The lowest BCUT2D eigenvalue weighted by molar-refractivity contribution is -0.188. The lowest BCUT2D eigenvalue weighted by Crippen LogP contribution is -2.44. The Morgan fingerprint density at radius 1 is 1.24 bits per heavy atom. The van der Waals surface area contributed by atoms with Crippen LogP contribution in [0.1, 0.15) is 51.9 Å². The van der Waals surface area contributed by atoms with Crippen LogP contribution in [0.4, 0.5) is 13.2 Å². The zero-order chi connectivity index (χ0) is 15.3. The van der Waals surface area contributed by atoms with Gasteiger partial charge in [-0.05, 0) is 58.4 Å². The van der Waals surface area contributed by atoms with Gasteiger partial charge in [0.15, 0.2) is 0 Å². The van der Waals surface area contributed by atoms with Gasteiger partial charge in [-0.3, -0.25) is 0 Å². The van der Waals surface area contributed by atoms with Gasteiger partial charge in [0, 0.05) is 18.1 Å². The van der Waals surface area contributed by atoms with Crippen molar-refractivity contribution in [3.8, 4) is 0 Å². The second-order valence-corrected chi connectivity index (χ2v) is 6.51. The van der Waals surface area contributed by atoms with Gasteiger partial charge in [0.25, 0.3) is 0 Å². The number of ether oxygens (including phenoxy) is 1. The van der Waals surface area contributed by atoms with Crippen molar-refractivity contribution in [2.45, 2.75) is 82.3 Å². The zero-order valence-electron chi connectivity index (χ0n) is 12.7. The fraction of sp³-hybridized carbons (Fsp3) is 1.00. The predicted molar refractivity (Wildman–Crippen MR) is 76.3 cm³/mol. The molecule has 1 aliphatic heterocycles. The Labute approximate surface area is 125 Å². The maximum Gasteiger partial charge on any atom is 0.411 e. The third-order valence-electron chi connectivity index (χ3n) is 4.43. The smallest absolute Gasteiger partial charge is 0.369 e. The molecule has 1 heterocycles. The van der Waals surface area contributed by atoms with Crippen LogP contribution in [-0.4, -0.2) is 43.6 Å². The molecule has 0 bridgehead atoms. The first-order valence-corrected chi connectivity index (χ1v) is 8.10. The molecule has 2 rings (SSSR count). The molecule has 6 heteroatoms. The number of nitrogens with one attached hydrogen (secondary N) is 2. The summed E-state index contributed by atoms with van der Waals surface area (Å²) in [6.07, 6.45) is 2.50. The minimum absolute atomic E-state index is 0.255. The van der Waals surface area contributed by atoms with Crippen molar-refractivity contribution in [2.24, 2.45) is 0 Å². The molecule has 1 saturated carbocycles. The van der Waals surface area contributed by atoms with Crippen LogP contribution in [0.25, 0.3) is 0 Å². The molecule has 0 spiro atoms. The van der Waals surface area contributed by atoms with Crippen molar-refractivity contribution in [3.63, 3.8) is 0 Å². The molecule has 0 aromatic rings. The van der Waals surface area contributed by atoms with Crippen molar-refractivity contribution >= 4 is 0 Å². The summed E-state index contributed by atoms with van der Waals surface area (Å²) in [6, 6.07) is 1.27. The molecule has 2 fully saturated rings. The van der Waals surface area contributed by atoms with Crippen LogP contribution in [0.5, 0.6) is 0 Å². The van der Waals surface area contributed by atoms with E-state index < -0.39 is 12.8 Å². The Morgan fingerprint density at radius 2 is 2.05 bits per heavy atom. The van der Waals surface area contributed by atoms with Gasteiger partial charge in [-0.25, -0.2) is 0 Å². The van der Waals surface area contributed by atoms with Crippen LogP contribution in [0.15, 0.2) is 0 Å². The Kier molecular flexibility index (Phi) is 6.32. The normalized spacial score (nSPS) is 32.3. The van der Waals surface area contributed by atoms with E-state index in [9.17, 15) is 13.2 Å². The quantitative estimate of drug-likeness (QED) is 0.791. The average Bonchev–Trinajstić information content (AvgIpc) is 2.88. The van der Waals surface area contributed by atoms with Crippen LogP contribution in [0.3, 0.4) is 0 Å². The maximum atomic E-state index is 12.2. The molecule has 4 atom stereocenters. The van der Waals surface area contributed by atoms with Gasteiger partial charge in [-0.15, -0.1) is 0 Å². The number of hydrogen-bond acceptors (Lipinski definition) is 3. The SMILES string of the molecule is CC(CC1CCCN1)NC1CCCC(OCC(F)(F)F)C1. The highest BCUT2D eigenvalue weighted by Crippen LogP contribution is 2.25. The molecule has 0 aromatic carbocycles. The first kappa shape index (κ1) is 17.0. The Hall–Kier alpha value is -0.330. The minimum atomic E-state index is -4.22. The van der Waals surface area contributed by atoms with E-state index in [0.717, 1.165) is 32.2 Å². The van der Waals surface area contributed by atoms with E-state index in [1.54, 1.807) is 0 Å². The van der Waals surface area contributed by atoms with Gasteiger partial charge in [0.05, 0.1) is 6.10 Å². The molecular weight excluding hydrogens is 281 g/mol. The Bertz CT molecular complexity index is 306. The van der Waals surface area contributed by atoms with Crippen molar-refractivity contribution < 1.29 is 17.9 Å². The summed E-state index contributed by atoms with van der Waals surface area (Å²) in [7, 11) is 0. The van der Waals surface area contributed by atoms with Crippen LogP contribution in [0, 0.1) is 0 Å². The molecule has 21 heavy (non-hydrogen) atoms. The molecule has 2 aliphatic rings. The fourth-order valence-electron chi connectivity index (χ4n) is 3.52. The summed E-state index contributed by atoms with van der Waals surface area (Å²) in [5.41, 5.74) is 0. The highest BCUT2D eigenvalue weighted by Gasteiger charge is 2.31. The molecular formula is C15H27F3N2O. The molecule has 124 valence electrons. The van der Waals surface area contributed by atoms with E-state index in [1.165, 1.54) is 12.8 Å². The number of alkyl halides is 3. The largest absolute Gasteiger partial charge is 0.411 e. The molecule has 0 aromatic heterocycles.